The number of carbonyl (C=O) groups is 1. The largest absolute Gasteiger partial charge is 0.497 e. The topological polar surface area (TPSA) is 52.5 Å². The van der Waals surface area contributed by atoms with E-state index in [0.717, 1.165) is 45.6 Å². The van der Waals surface area contributed by atoms with E-state index in [9.17, 15) is 4.79 Å². The average molecular weight is 547 g/mol. The second kappa shape index (κ2) is 13.2. The number of ether oxygens (including phenoxy) is 2. The Bertz CT molecular complexity index is 1570. The smallest absolute Gasteiger partial charge is 0.220 e. The molecule has 1 amide bonds. The molecule has 5 heteroatoms. The molecule has 0 saturated heterocycles. The van der Waals surface area contributed by atoms with E-state index in [1.165, 1.54) is 5.56 Å². The lowest BCUT2D eigenvalue weighted by atomic mass is 9.88. The number of methoxy groups -OCH3 is 1. The Kier molecular flexibility index (Phi) is 9.05. The third kappa shape index (κ3) is 7.17. The van der Waals surface area contributed by atoms with E-state index >= 15 is 0 Å². The van der Waals surface area contributed by atoms with Crippen LogP contribution >= 0.6 is 0 Å². The fourth-order valence-electron chi connectivity index (χ4n) is 5.16. The second-order valence-corrected chi connectivity index (χ2v) is 10.9. The molecule has 5 rings (SSSR count). The summed E-state index contributed by atoms with van der Waals surface area (Å²) < 4.78 is 13.8. The number of nitrogens with one attached hydrogen (secondary N) is 1. The van der Waals surface area contributed by atoms with Crippen LogP contribution in [-0.4, -0.2) is 24.1 Å². The predicted molar refractivity (Wildman–Crippen MR) is 166 cm³/mol. The molecule has 0 spiro atoms. The van der Waals surface area contributed by atoms with Crippen LogP contribution in [0.2, 0.25) is 0 Å². The molecule has 1 unspecified atom stereocenters. The summed E-state index contributed by atoms with van der Waals surface area (Å²) >= 11 is 0. The molecule has 0 aliphatic carbocycles. The van der Waals surface area contributed by atoms with Gasteiger partial charge in [0.25, 0.3) is 0 Å². The minimum atomic E-state index is -0.135. The Balaban J connectivity index is 1.50. The molecule has 0 radical (unpaired) electrons. The molecule has 0 bridgehead atoms. The number of fused-ring (bicyclic) bond motifs is 1. The Labute approximate surface area is 242 Å². The summed E-state index contributed by atoms with van der Waals surface area (Å²) in [6.07, 6.45) is 2.57. The van der Waals surface area contributed by atoms with Gasteiger partial charge in [-0.3, -0.25) is 4.79 Å². The first-order valence-electron chi connectivity index (χ1n) is 14.2. The molecule has 4 aromatic carbocycles. The predicted octanol–water partition coefficient (Wildman–Crippen LogP) is 7.57. The van der Waals surface area contributed by atoms with Gasteiger partial charge in [-0.15, -0.1) is 0 Å². The van der Waals surface area contributed by atoms with Gasteiger partial charge in [0.2, 0.25) is 5.91 Å². The monoisotopic (exact) mass is 546 g/mol. The van der Waals surface area contributed by atoms with Crippen LogP contribution in [0.25, 0.3) is 10.9 Å². The third-order valence-corrected chi connectivity index (χ3v) is 7.31. The van der Waals surface area contributed by atoms with Crippen molar-refractivity contribution >= 4 is 16.8 Å². The molecule has 5 aromatic rings. The second-order valence-electron chi connectivity index (χ2n) is 10.9. The quantitative estimate of drug-likeness (QED) is 0.176. The number of hydrogen-bond acceptors (Lipinski definition) is 3. The highest BCUT2D eigenvalue weighted by Crippen LogP contribution is 2.36. The van der Waals surface area contributed by atoms with Crippen LogP contribution in [0, 0.1) is 5.92 Å². The van der Waals surface area contributed by atoms with Crippen LogP contribution < -0.4 is 14.8 Å². The Morgan fingerprint density at radius 1 is 0.829 bits per heavy atom. The van der Waals surface area contributed by atoms with Gasteiger partial charge < -0.3 is 19.4 Å². The van der Waals surface area contributed by atoms with Crippen LogP contribution in [0.5, 0.6) is 11.5 Å². The number of benzene rings is 4. The summed E-state index contributed by atoms with van der Waals surface area (Å²) in [5.74, 6) is 1.93. The average Bonchev–Trinajstić information content (AvgIpc) is 3.36. The van der Waals surface area contributed by atoms with Crippen molar-refractivity contribution < 1.29 is 14.3 Å². The highest BCUT2D eigenvalue weighted by molar-refractivity contribution is 5.87. The highest BCUT2D eigenvalue weighted by Gasteiger charge is 2.23. The van der Waals surface area contributed by atoms with Crippen molar-refractivity contribution in [1.29, 1.82) is 0 Å². The van der Waals surface area contributed by atoms with Crippen molar-refractivity contribution in [3.05, 3.63) is 132 Å². The number of rotatable bonds is 12. The van der Waals surface area contributed by atoms with Crippen LogP contribution in [0.15, 0.2) is 109 Å². The van der Waals surface area contributed by atoms with Crippen molar-refractivity contribution in [2.45, 2.75) is 39.3 Å². The summed E-state index contributed by atoms with van der Waals surface area (Å²) in [4.78, 5) is 13.2. The number of nitrogens with zero attached hydrogens (tertiary/aromatic N) is 1. The van der Waals surface area contributed by atoms with Gasteiger partial charge in [-0.05, 0) is 58.5 Å². The van der Waals surface area contributed by atoms with Crippen LogP contribution in [-0.2, 0) is 17.9 Å². The van der Waals surface area contributed by atoms with E-state index in [1.54, 1.807) is 7.11 Å². The summed E-state index contributed by atoms with van der Waals surface area (Å²) in [6, 6.07) is 35.0. The number of para-hydroxylation sites is 1. The Morgan fingerprint density at radius 3 is 2.34 bits per heavy atom. The van der Waals surface area contributed by atoms with E-state index in [1.807, 2.05) is 42.5 Å². The van der Waals surface area contributed by atoms with Gasteiger partial charge >= 0.3 is 0 Å². The summed E-state index contributed by atoms with van der Waals surface area (Å²) in [6.45, 7) is 6.09. The maximum Gasteiger partial charge on any atom is 0.220 e. The molecule has 0 aliphatic rings. The zero-order chi connectivity index (χ0) is 28.6. The third-order valence-electron chi connectivity index (χ3n) is 7.31. The first-order valence-corrected chi connectivity index (χ1v) is 14.2. The van der Waals surface area contributed by atoms with Crippen molar-refractivity contribution in [2.75, 3.05) is 13.7 Å². The zero-order valence-electron chi connectivity index (χ0n) is 24.0. The summed E-state index contributed by atoms with van der Waals surface area (Å²) in [7, 11) is 1.68. The number of amides is 1. The van der Waals surface area contributed by atoms with Crippen molar-refractivity contribution in [2.24, 2.45) is 5.92 Å². The van der Waals surface area contributed by atoms with Gasteiger partial charge in [-0.2, -0.15) is 0 Å². The molecule has 1 aromatic heterocycles. The van der Waals surface area contributed by atoms with E-state index < -0.39 is 0 Å². The Hall–Kier alpha value is -4.51. The maximum absolute atomic E-state index is 13.2. The van der Waals surface area contributed by atoms with Crippen LogP contribution in [0.3, 0.4) is 0 Å². The van der Waals surface area contributed by atoms with Gasteiger partial charge in [0.05, 0.1) is 7.11 Å². The first-order chi connectivity index (χ1) is 20.0. The molecule has 1 N–H and O–H groups in total. The van der Waals surface area contributed by atoms with Gasteiger partial charge in [0.15, 0.2) is 0 Å². The van der Waals surface area contributed by atoms with Gasteiger partial charge in [-0.1, -0.05) is 86.6 Å². The van der Waals surface area contributed by atoms with Gasteiger partial charge in [0.1, 0.15) is 18.1 Å². The number of hydrogen-bond donors (Lipinski definition) is 1. The minimum absolute atomic E-state index is 0.0475. The molecule has 0 saturated carbocycles. The highest BCUT2D eigenvalue weighted by atomic mass is 16.5. The fourth-order valence-corrected chi connectivity index (χ4v) is 5.16. The molecule has 0 aliphatic heterocycles. The van der Waals surface area contributed by atoms with E-state index in [2.05, 4.69) is 90.6 Å². The lowest BCUT2D eigenvalue weighted by Crippen LogP contribution is -2.28. The molecular formula is C36H38N2O3. The van der Waals surface area contributed by atoms with Crippen molar-refractivity contribution in [3.63, 3.8) is 0 Å². The molecule has 1 atom stereocenters. The van der Waals surface area contributed by atoms with Gasteiger partial charge in [-0.25, -0.2) is 0 Å². The molecule has 41 heavy (non-hydrogen) atoms. The molecule has 5 nitrogen and oxygen atoms in total. The normalized spacial score (nSPS) is 11.9. The van der Waals surface area contributed by atoms with Crippen molar-refractivity contribution in [1.82, 2.24) is 9.88 Å². The minimum Gasteiger partial charge on any atom is -0.497 e. The Morgan fingerprint density at radius 2 is 1.59 bits per heavy atom. The summed E-state index contributed by atoms with van der Waals surface area (Å²) in [5, 5.41) is 4.28. The maximum atomic E-state index is 13.2. The number of aromatic nitrogens is 1. The fraction of sp³-hybridized carbons (Fsp3) is 0.250. The molecular weight excluding hydrogens is 508 g/mol. The van der Waals surface area contributed by atoms with Gasteiger partial charge in [0, 0.05) is 42.5 Å². The zero-order valence-corrected chi connectivity index (χ0v) is 24.0. The van der Waals surface area contributed by atoms with Crippen molar-refractivity contribution in [3.8, 4) is 11.5 Å². The van der Waals surface area contributed by atoms with E-state index in [4.69, 9.17) is 9.47 Å². The summed E-state index contributed by atoms with van der Waals surface area (Å²) in [5.41, 5.74) is 5.63. The molecule has 210 valence electrons. The van der Waals surface area contributed by atoms with Crippen LogP contribution in [0.1, 0.15) is 48.4 Å². The first kappa shape index (κ1) is 28.0. The van der Waals surface area contributed by atoms with E-state index in [-0.39, 0.29) is 11.8 Å². The lowest BCUT2D eigenvalue weighted by Gasteiger charge is -2.19. The molecule has 0 fully saturated rings. The lowest BCUT2D eigenvalue weighted by molar-refractivity contribution is -0.121. The molecule has 1 heterocycles. The number of carbonyl (C=O) groups excluding carboxylic acids is 1. The van der Waals surface area contributed by atoms with E-state index in [0.29, 0.717) is 25.5 Å². The standard InChI is InChI=1S/C36H38N2O3/c1-26(2)22-37-36(39)21-33(29-12-9-13-31(20-29)41-25-28-10-5-4-6-11-28)34-24-38(35-15-8-7-14-32(34)35)23-27-16-18-30(40-3)19-17-27/h4-20,24,26,33H,21-23,25H2,1-3H3,(H,37,39). The van der Waals surface area contributed by atoms with Crippen LogP contribution in [0.4, 0.5) is 0 Å². The SMILES string of the molecule is COc1ccc(Cn2cc(C(CC(=O)NCC(C)C)c3cccc(OCc4ccccc4)c3)c3ccccc32)cc1.